The van der Waals surface area contributed by atoms with E-state index in [0.717, 1.165) is 12.8 Å². The molecule has 0 aliphatic heterocycles. The number of rotatable bonds is 2. The molecule has 1 saturated carbocycles. The summed E-state index contributed by atoms with van der Waals surface area (Å²) in [4.78, 5) is 0. The van der Waals surface area contributed by atoms with E-state index in [1.54, 1.807) is 0 Å². The molecule has 1 rings (SSSR count). The molecule has 2 heteroatoms. The second kappa shape index (κ2) is 3.72. The van der Waals surface area contributed by atoms with Crippen molar-refractivity contribution >= 4 is 23.0 Å². The first-order valence-electron chi connectivity index (χ1n) is 3.76. The third-order valence-electron chi connectivity index (χ3n) is 2.23. The van der Waals surface area contributed by atoms with E-state index >= 15 is 0 Å². The molecule has 0 heterocycles. The fourth-order valence-corrected chi connectivity index (χ4v) is 2.08. The lowest BCUT2D eigenvalue weighted by Crippen LogP contribution is -2.28. The second-order valence-corrected chi connectivity index (χ2v) is 3.35. The second-order valence-electron chi connectivity index (χ2n) is 2.91. The molecule has 0 amide bonds. The molecule has 0 aromatic rings. The summed E-state index contributed by atoms with van der Waals surface area (Å²) in [6, 6.07) is 0. The van der Waals surface area contributed by atoms with Crippen LogP contribution in [0.15, 0.2) is 12.7 Å². The summed E-state index contributed by atoms with van der Waals surface area (Å²) in [6.07, 6.45) is 8.19. The lowest BCUT2D eigenvalue weighted by Gasteiger charge is -2.31. The third-order valence-corrected chi connectivity index (χ3v) is 3.10. The van der Waals surface area contributed by atoms with Crippen LogP contribution < -0.4 is 0 Å². The van der Waals surface area contributed by atoms with Crippen LogP contribution >= 0.6 is 23.0 Å². The van der Waals surface area contributed by atoms with Crippen molar-refractivity contribution in [3.05, 3.63) is 12.7 Å². The lowest BCUT2D eigenvalue weighted by atomic mass is 9.85. The van der Waals surface area contributed by atoms with Gasteiger partial charge in [-0.3, -0.25) is 0 Å². The SMILES string of the molecule is C=CC1(OI)CCCCC1. The van der Waals surface area contributed by atoms with E-state index < -0.39 is 0 Å². The topological polar surface area (TPSA) is 9.23 Å². The maximum atomic E-state index is 5.38. The molecule has 1 nitrogen and oxygen atoms in total. The minimum absolute atomic E-state index is 0.0127. The maximum absolute atomic E-state index is 5.38. The van der Waals surface area contributed by atoms with Gasteiger partial charge in [0.1, 0.15) is 23.0 Å². The summed E-state index contributed by atoms with van der Waals surface area (Å²) in [6.45, 7) is 3.80. The quantitative estimate of drug-likeness (QED) is 0.541. The van der Waals surface area contributed by atoms with E-state index in [9.17, 15) is 0 Å². The molecule has 1 fully saturated rings. The van der Waals surface area contributed by atoms with Crippen LogP contribution in [0, 0.1) is 0 Å². The molecule has 58 valence electrons. The Hall–Kier alpha value is 0.430. The summed E-state index contributed by atoms with van der Waals surface area (Å²) < 4.78 is 5.38. The Kier molecular flexibility index (Phi) is 3.17. The maximum Gasteiger partial charge on any atom is 0.110 e. The summed E-state index contributed by atoms with van der Waals surface area (Å²) in [7, 11) is 0. The van der Waals surface area contributed by atoms with Crippen molar-refractivity contribution in [2.75, 3.05) is 0 Å². The van der Waals surface area contributed by atoms with Gasteiger partial charge in [-0.05, 0) is 12.8 Å². The fraction of sp³-hybridized carbons (Fsp3) is 0.750. The average Bonchev–Trinajstić information content (AvgIpc) is 2.06. The van der Waals surface area contributed by atoms with Gasteiger partial charge in [0.15, 0.2) is 0 Å². The smallest absolute Gasteiger partial charge is 0.110 e. The summed E-state index contributed by atoms with van der Waals surface area (Å²) >= 11 is 1.99. The molecule has 10 heavy (non-hydrogen) atoms. The van der Waals surface area contributed by atoms with E-state index in [2.05, 4.69) is 6.58 Å². The minimum atomic E-state index is 0.0127. The zero-order chi connectivity index (χ0) is 7.45. The largest absolute Gasteiger partial charge is 0.305 e. The molecule has 0 unspecified atom stereocenters. The van der Waals surface area contributed by atoms with Gasteiger partial charge in [0.25, 0.3) is 0 Å². The summed E-state index contributed by atoms with van der Waals surface area (Å²) in [5.74, 6) is 0. The zero-order valence-corrected chi connectivity index (χ0v) is 8.26. The van der Waals surface area contributed by atoms with Crippen molar-refractivity contribution in [1.82, 2.24) is 0 Å². The highest BCUT2D eigenvalue weighted by Crippen LogP contribution is 2.33. The van der Waals surface area contributed by atoms with Gasteiger partial charge < -0.3 is 3.07 Å². The van der Waals surface area contributed by atoms with Crippen LogP contribution in [0.3, 0.4) is 0 Å². The molecular weight excluding hydrogens is 239 g/mol. The normalized spacial score (nSPS) is 24.1. The first-order chi connectivity index (χ1) is 4.83. The molecule has 1 aliphatic carbocycles. The highest BCUT2D eigenvalue weighted by molar-refractivity contribution is 14.1. The van der Waals surface area contributed by atoms with Gasteiger partial charge in [-0.25, -0.2) is 0 Å². The Morgan fingerprint density at radius 2 is 1.90 bits per heavy atom. The van der Waals surface area contributed by atoms with Crippen molar-refractivity contribution in [1.29, 1.82) is 0 Å². The predicted octanol–water partition coefficient (Wildman–Crippen LogP) is 3.24. The Balaban J connectivity index is 2.52. The lowest BCUT2D eigenvalue weighted by molar-refractivity contribution is 0.130. The molecule has 0 atom stereocenters. The Bertz CT molecular complexity index is 116. The molecule has 0 bridgehead atoms. The fourth-order valence-electron chi connectivity index (χ4n) is 1.46. The van der Waals surface area contributed by atoms with Crippen LogP contribution in [0.1, 0.15) is 32.1 Å². The van der Waals surface area contributed by atoms with Gasteiger partial charge >= 0.3 is 0 Å². The Morgan fingerprint density at radius 3 is 2.20 bits per heavy atom. The van der Waals surface area contributed by atoms with Crippen LogP contribution in [0.2, 0.25) is 0 Å². The van der Waals surface area contributed by atoms with E-state index in [1.165, 1.54) is 19.3 Å². The molecule has 0 radical (unpaired) electrons. The van der Waals surface area contributed by atoms with Crippen LogP contribution in [-0.2, 0) is 3.07 Å². The van der Waals surface area contributed by atoms with Crippen molar-refractivity contribution in [3.63, 3.8) is 0 Å². The van der Waals surface area contributed by atoms with E-state index in [-0.39, 0.29) is 5.60 Å². The zero-order valence-electron chi connectivity index (χ0n) is 6.11. The van der Waals surface area contributed by atoms with Gasteiger partial charge in [-0.15, -0.1) is 6.58 Å². The van der Waals surface area contributed by atoms with E-state index in [0.29, 0.717) is 0 Å². The van der Waals surface area contributed by atoms with Crippen molar-refractivity contribution < 1.29 is 3.07 Å². The molecule has 0 aromatic heterocycles. The Labute approximate surface area is 76.5 Å². The molecule has 1 aliphatic rings. The molecule has 0 spiro atoms. The van der Waals surface area contributed by atoms with Crippen molar-refractivity contribution in [2.45, 2.75) is 37.7 Å². The first-order valence-corrected chi connectivity index (χ1v) is 4.64. The highest BCUT2D eigenvalue weighted by atomic mass is 127. The van der Waals surface area contributed by atoms with Crippen LogP contribution in [0.5, 0.6) is 0 Å². The highest BCUT2D eigenvalue weighted by Gasteiger charge is 2.28. The van der Waals surface area contributed by atoms with Crippen LogP contribution in [-0.4, -0.2) is 5.60 Å². The van der Waals surface area contributed by atoms with Gasteiger partial charge in [0.2, 0.25) is 0 Å². The molecular formula is C8H13IO. The minimum Gasteiger partial charge on any atom is -0.305 e. The van der Waals surface area contributed by atoms with E-state index in [1.807, 2.05) is 29.1 Å². The first kappa shape index (κ1) is 8.53. The van der Waals surface area contributed by atoms with Gasteiger partial charge in [0.05, 0.1) is 5.60 Å². The van der Waals surface area contributed by atoms with Gasteiger partial charge in [-0.1, -0.05) is 25.3 Å². The van der Waals surface area contributed by atoms with Crippen LogP contribution in [0.4, 0.5) is 0 Å². The summed E-state index contributed by atoms with van der Waals surface area (Å²) in [5, 5.41) is 0. The predicted molar refractivity (Wildman–Crippen MR) is 51.1 cm³/mol. The number of hydrogen-bond donors (Lipinski definition) is 0. The number of halogens is 1. The van der Waals surface area contributed by atoms with Gasteiger partial charge in [0, 0.05) is 0 Å². The van der Waals surface area contributed by atoms with E-state index in [4.69, 9.17) is 3.07 Å². The summed E-state index contributed by atoms with van der Waals surface area (Å²) in [5.41, 5.74) is 0.0127. The standard InChI is InChI=1S/C8H13IO/c1-2-8(10-9)6-4-3-5-7-8/h2H,1,3-7H2. The van der Waals surface area contributed by atoms with Crippen molar-refractivity contribution in [3.8, 4) is 0 Å². The molecule has 0 N–H and O–H groups in total. The third kappa shape index (κ3) is 1.72. The molecule has 0 saturated heterocycles. The average molecular weight is 252 g/mol. The van der Waals surface area contributed by atoms with Crippen LogP contribution in [0.25, 0.3) is 0 Å². The van der Waals surface area contributed by atoms with Crippen molar-refractivity contribution in [2.24, 2.45) is 0 Å². The number of hydrogen-bond acceptors (Lipinski definition) is 1. The molecule has 0 aromatic carbocycles. The van der Waals surface area contributed by atoms with Gasteiger partial charge in [-0.2, -0.15) is 0 Å². The monoisotopic (exact) mass is 252 g/mol. The Morgan fingerprint density at radius 1 is 1.30 bits per heavy atom.